The number of hydrogen-bond acceptors (Lipinski definition) is 6. The Balaban J connectivity index is 2.03. The first-order valence-electron chi connectivity index (χ1n) is 9.02. The summed E-state index contributed by atoms with van der Waals surface area (Å²) >= 11 is 6.15. The Hall–Kier alpha value is -3.60. The van der Waals surface area contributed by atoms with Crippen LogP contribution in [0.2, 0.25) is 5.02 Å². The molecular formula is C20H12ClF4N5O2. The van der Waals surface area contributed by atoms with Gasteiger partial charge < -0.3 is 4.52 Å². The van der Waals surface area contributed by atoms with Gasteiger partial charge in [-0.25, -0.2) is 14.4 Å². The monoisotopic (exact) mass is 465 g/mol. The number of nitrogens with zero attached hydrogens (tertiary/aromatic N) is 5. The first-order chi connectivity index (χ1) is 15.2. The summed E-state index contributed by atoms with van der Waals surface area (Å²) in [5, 5.41) is 7.46. The van der Waals surface area contributed by atoms with E-state index in [9.17, 15) is 22.4 Å². The predicted molar refractivity (Wildman–Crippen MR) is 105 cm³/mol. The third-order valence-electron chi connectivity index (χ3n) is 4.41. The number of carbonyl (C=O) groups is 1. The Morgan fingerprint density at radius 1 is 1.16 bits per heavy atom. The number of rotatable bonds is 5. The minimum atomic E-state index is -4.89. The van der Waals surface area contributed by atoms with Crippen molar-refractivity contribution < 1.29 is 26.9 Å². The molecule has 164 valence electrons. The van der Waals surface area contributed by atoms with Gasteiger partial charge in [-0.3, -0.25) is 9.48 Å². The zero-order valence-corrected chi connectivity index (χ0v) is 16.9. The van der Waals surface area contributed by atoms with E-state index in [1.54, 1.807) is 0 Å². The Morgan fingerprint density at radius 3 is 2.50 bits per heavy atom. The summed E-state index contributed by atoms with van der Waals surface area (Å²) in [5.74, 6) is -1.76. The molecule has 12 heteroatoms. The number of Topliss-reactive ketones (excluding diaryl/α,β-unsaturated/α-hetero) is 1. The van der Waals surface area contributed by atoms with Gasteiger partial charge in [0.15, 0.2) is 23.1 Å². The number of ketones is 1. The Morgan fingerprint density at radius 2 is 1.88 bits per heavy atom. The summed E-state index contributed by atoms with van der Waals surface area (Å²) in [6.45, 7) is 0.531. The molecule has 32 heavy (non-hydrogen) atoms. The van der Waals surface area contributed by atoms with E-state index in [4.69, 9.17) is 16.1 Å². The molecule has 0 radical (unpaired) electrons. The summed E-state index contributed by atoms with van der Waals surface area (Å²) < 4.78 is 62.2. The third kappa shape index (κ3) is 3.86. The van der Waals surface area contributed by atoms with Crippen molar-refractivity contribution in [1.82, 2.24) is 24.9 Å². The van der Waals surface area contributed by atoms with E-state index in [2.05, 4.69) is 20.2 Å². The molecule has 0 bridgehead atoms. The van der Waals surface area contributed by atoms with Crippen molar-refractivity contribution in [3.05, 3.63) is 59.4 Å². The quantitative estimate of drug-likeness (QED) is 0.383. The van der Waals surface area contributed by atoms with E-state index < -0.39 is 41.3 Å². The molecule has 3 heterocycles. The Kier molecular flexibility index (Phi) is 5.51. The zero-order chi connectivity index (χ0) is 23.0. The molecule has 4 rings (SSSR count). The minimum absolute atomic E-state index is 0.0367. The molecular weight excluding hydrogens is 454 g/mol. The van der Waals surface area contributed by atoms with Gasteiger partial charge in [-0.1, -0.05) is 22.8 Å². The first-order valence-corrected chi connectivity index (χ1v) is 9.40. The summed E-state index contributed by atoms with van der Waals surface area (Å²) in [5.41, 5.74) is -2.21. The predicted octanol–water partition coefficient (Wildman–Crippen LogP) is 5.06. The van der Waals surface area contributed by atoms with Crippen LogP contribution in [0.3, 0.4) is 0 Å². The van der Waals surface area contributed by atoms with Crippen molar-refractivity contribution in [3.63, 3.8) is 0 Å². The van der Waals surface area contributed by atoms with Gasteiger partial charge in [0.2, 0.25) is 0 Å². The minimum Gasteiger partial charge on any atom is -0.355 e. The number of alkyl halides is 3. The topological polar surface area (TPSA) is 86.7 Å². The van der Waals surface area contributed by atoms with Crippen LogP contribution in [0, 0.1) is 5.82 Å². The van der Waals surface area contributed by atoms with Crippen LogP contribution in [0.1, 0.15) is 12.6 Å². The summed E-state index contributed by atoms with van der Waals surface area (Å²) in [4.78, 5) is 19.6. The molecule has 1 aromatic carbocycles. The number of halogens is 5. The van der Waals surface area contributed by atoms with Crippen LogP contribution in [0.5, 0.6) is 0 Å². The van der Waals surface area contributed by atoms with Gasteiger partial charge in [0.05, 0.1) is 34.5 Å². The molecule has 0 unspecified atom stereocenters. The van der Waals surface area contributed by atoms with Crippen LogP contribution in [0.4, 0.5) is 17.6 Å². The molecule has 7 nitrogen and oxygen atoms in total. The molecule has 4 aromatic rings. The van der Waals surface area contributed by atoms with Gasteiger partial charge in [0.1, 0.15) is 11.5 Å². The molecule has 0 aliphatic carbocycles. The van der Waals surface area contributed by atoms with Crippen LogP contribution >= 0.6 is 11.6 Å². The van der Waals surface area contributed by atoms with Gasteiger partial charge in [0.25, 0.3) is 0 Å². The van der Waals surface area contributed by atoms with Crippen molar-refractivity contribution in [2.24, 2.45) is 0 Å². The SMILES string of the molecule is CC(=O)Cn1ncc(-c2onc(-c3c(F)cccc3Cl)c2-c2ncccn2)c1C(F)(F)F. The number of hydrogen-bond donors (Lipinski definition) is 0. The largest absolute Gasteiger partial charge is 0.433 e. The van der Waals surface area contributed by atoms with E-state index in [1.165, 1.54) is 30.6 Å². The average molecular weight is 466 g/mol. The van der Waals surface area contributed by atoms with Gasteiger partial charge in [-0.05, 0) is 25.1 Å². The fourth-order valence-corrected chi connectivity index (χ4v) is 3.44. The van der Waals surface area contributed by atoms with Gasteiger partial charge in [-0.2, -0.15) is 18.3 Å². The van der Waals surface area contributed by atoms with Crippen LogP contribution < -0.4 is 0 Å². The second-order valence-electron chi connectivity index (χ2n) is 6.67. The molecule has 0 atom stereocenters. The van der Waals surface area contributed by atoms with E-state index in [1.807, 2.05) is 0 Å². The Bertz CT molecular complexity index is 1280. The first kappa shape index (κ1) is 21.6. The maximum Gasteiger partial charge on any atom is 0.433 e. The molecule has 0 saturated carbocycles. The molecule has 0 aliphatic heterocycles. The van der Waals surface area contributed by atoms with Crippen molar-refractivity contribution in [2.45, 2.75) is 19.6 Å². The highest BCUT2D eigenvalue weighted by Gasteiger charge is 2.41. The standard InChI is InChI=1S/C20H12ClF4N5O2/c1-10(31)9-30-18(20(23,24)25)11(8-28-30)17-15(19-26-6-3-7-27-19)16(29-32-17)14-12(21)4-2-5-13(14)22/h2-8H,9H2,1H3. The highest BCUT2D eigenvalue weighted by molar-refractivity contribution is 6.33. The van der Waals surface area contributed by atoms with Crippen LogP contribution in [0.15, 0.2) is 47.4 Å². The van der Waals surface area contributed by atoms with Gasteiger partial charge in [-0.15, -0.1) is 0 Å². The highest BCUT2D eigenvalue weighted by Crippen LogP contribution is 2.45. The van der Waals surface area contributed by atoms with Crippen molar-refractivity contribution in [3.8, 4) is 34.0 Å². The lowest BCUT2D eigenvalue weighted by atomic mass is 10.0. The molecule has 0 spiro atoms. The summed E-state index contributed by atoms with van der Waals surface area (Å²) in [6, 6.07) is 5.39. The van der Waals surface area contributed by atoms with E-state index in [0.717, 1.165) is 19.2 Å². The second-order valence-corrected chi connectivity index (χ2v) is 7.08. The molecule has 0 aliphatic rings. The van der Waals surface area contributed by atoms with E-state index in [-0.39, 0.29) is 27.7 Å². The molecule has 0 amide bonds. The molecule has 0 N–H and O–H groups in total. The number of aromatic nitrogens is 5. The Labute approximate surface area is 182 Å². The third-order valence-corrected chi connectivity index (χ3v) is 4.72. The van der Waals surface area contributed by atoms with Crippen molar-refractivity contribution in [1.29, 1.82) is 0 Å². The summed E-state index contributed by atoms with van der Waals surface area (Å²) in [7, 11) is 0. The lowest BCUT2D eigenvalue weighted by molar-refractivity contribution is -0.144. The van der Waals surface area contributed by atoms with Crippen LogP contribution in [-0.4, -0.2) is 30.7 Å². The normalized spacial score (nSPS) is 11.7. The van der Waals surface area contributed by atoms with E-state index >= 15 is 0 Å². The highest BCUT2D eigenvalue weighted by atomic mass is 35.5. The van der Waals surface area contributed by atoms with Crippen LogP contribution in [-0.2, 0) is 17.5 Å². The lowest BCUT2D eigenvalue weighted by Gasteiger charge is -2.11. The second kappa shape index (κ2) is 8.15. The lowest BCUT2D eigenvalue weighted by Crippen LogP contribution is -2.18. The number of benzene rings is 1. The van der Waals surface area contributed by atoms with Crippen LogP contribution in [0.25, 0.3) is 34.0 Å². The van der Waals surface area contributed by atoms with Gasteiger partial charge in [0, 0.05) is 12.4 Å². The van der Waals surface area contributed by atoms with Crippen molar-refractivity contribution in [2.75, 3.05) is 0 Å². The van der Waals surface area contributed by atoms with E-state index in [0.29, 0.717) is 4.68 Å². The van der Waals surface area contributed by atoms with Crippen molar-refractivity contribution >= 4 is 17.4 Å². The maximum absolute atomic E-state index is 14.6. The average Bonchev–Trinajstić information content (AvgIpc) is 3.32. The fourth-order valence-electron chi connectivity index (χ4n) is 3.19. The smallest absolute Gasteiger partial charge is 0.355 e. The number of carbonyl (C=O) groups excluding carboxylic acids is 1. The molecule has 3 aromatic heterocycles. The maximum atomic E-state index is 14.6. The summed E-state index contributed by atoms with van der Waals surface area (Å²) in [6.07, 6.45) is -1.28. The van der Waals surface area contributed by atoms with Gasteiger partial charge >= 0.3 is 6.18 Å². The molecule has 0 fully saturated rings. The fraction of sp³-hybridized carbons (Fsp3) is 0.150. The zero-order valence-electron chi connectivity index (χ0n) is 16.2. The molecule has 0 saturated heterocycles.